The van der Waals surface area contributed by atoms with Gasteiger partial charge in [-0.05, 0) is 95.2 Å². The first-order valence-corrected chi connectivity index (χ1v) is 13.8. The Morgan fingerprint density at radius 1 is 0.838 bits per heavy atom. The van der Waals surface area contributed by atoms with E-state index >= 15 is 0 Å². The smallest absolute Gasteiger partial charge is 0.252 e. The Bertz CT molecular complexity index is 882. The fourth-order valence-corrected chi connectivity index (χ4v) is 7.08. The van der Waals surface area contributed by atoms with Gasteiger partial charge in [0, 0.05) is 47.3 Å². The van der Waals surface area contributed by atoms with Gasteiger partial charge in [0.1, 0.15) is 6.10 Å². The molecule has 0 bridgehead atoms. The Kier molecular flexibility index (Phi) is 7.57. The highest BCUT2D eigenvalue weighted by Crippen LogP contribution is 2.45. The maximum atomic E-state index is 9.90. The highest BCUT2D eigenvalue weighted by molar-refractivity contribution is 5.41. The van der Waals surface area contributed by atoms with Crippen molar-refractivity contribution in [3.8, 4) is 0 Å². The molecule has 1 aromatic rings. The molecule has 3 N–H and O–H groups in total. The third-order valence-corrected chi connectivity index (χ3v) is 9.55. The first-order chi connectivity index (χ1) is 17.1. The van der Waals surface area contributed by atoms with E-state index in [0.717, 1.165) is 32.2 Å². The summed E-state index contributed by atoms with van der Waals surface area (Å²) in [6.45, 7) is 20.7. The summed E-state index contributed by atoms with van der Waals surface area (Å²) in [6.07, 6.45) is 3.68. The van der Waals surface area contributed by atoms with Gasteiger partial charge in [0.2, 0.25) is 5.95 Å². The van der Waals surface area contributed by atoms with Crippen LogP contribution in [0.5, 0.6) is 0 Å². The van der Waals surface area contributed by atoms with Crippen molar-refractivity contribution in [2.45, 2.75) is 121 Å². The summed E-state index contributed by atoms with van der Waals surface area (Å²) in [7, 11) is 4.48. The van der Waals surface area contributed by atoms with Crippen molar-refractivity contribution < 1.29 is 9.94 Å². The van der Waals surface area contributed by atoms with Crippen LogP contribution in [-0.4, -0.2) is 98.0 Å². The predicted molar refractivity (Wildman–Crippen MR) is 147 cm³/mol. The lowest BCUT2D eigenvalue weighted by Crippen LogP contribution is -2.67. The van der Waals surface area contributed by atoms with Gasteiger partial charge < -0.3 is 15.0 Å². The summed E-state index contributed by atoms with van der Waals surface area (Å²) in [5.74, 6) is 1.34. The van der Waals surface area contributed by atoms with E-state index in [2.05, 4.69) is 100.0 Å². The molecule has 0 aromatic carbocycles. The monoisotopic (exact) mass is 518 g/mol. The van der Waals surface area contributed by atoms with Gasteiger partial charge in [0.15, 0.2) is 5.82 Å². The molecule has 1 atom stereocenters. The van der Waals surface area contributed by atoms with Crippen molar-refractivity contribution >= 4 is 11.9 Å². The van der Waals surface area contributed by atoms with Crippen molar-refractivity contribution in [1.82, 2.24) is 30.1 Å². The van der Waals surface area contributed by atoms with Crippen molar-refractivity contribution in [2.24, 2.45) is 0 Å². The van der Waals surface area contributed by atoms with E-state index in [4.69, 9.17) is 14.7 Å². The quantitative estimate of drug-likeness (QED) is 0.502. The van der Waals surface area contributed by atoms with Gasteiger partial charge in [-0.2, -0.15) is 15.0 Å². The molecule has 0 spiro atoms. The van der Waals surface area contributed by atoms with Crippen LogP contribution >= 0.6 is 0 Å². The van der Waals surface area contributed by atoms with Crippen molar-refractivity contribution in [3.05, 3.63) is 5.82 Å². The van der Waals surface area contributed by atoms with E-state index in [0.29, 0.717) is 24.9 Å². The number of aromatic nitrogens is 3. The first-order valence-electron chi connectivity index (χ1n) is 13.8. The summed E-state index contributed by atoms with van der Waals surface area (Å²) in [5, 5.41) is 13.3. The molecule has 37 heavy (non-hydrogen) atoms. The maximum Gasteiger partial charge on any atom is 0.252 e. The number of likely N-dealkylation sites (tertiary alicyclic amines) is 2. The SMILES string of the molecule is CN1C(C)(C)CC(N(c2nc(NO)nc(C3CNCCO3)n2)C2CC(C)(C)N(C)C(C)(C)C2)CC1(C)C. The molecule has 210 valence electrons. The number of ether oxygens (including phenoxy) is 1. The highest BCUT2D eigenvalue weighted by Gasteiger charge is 2.50. The third-order valence-electron chi connectivity index (χ3n) is 9.55. The van der Waals surface area contributed by atoms with Crippen LogP contribution < -0.4 is 15.7 Å². The largest absolute Gasteiger partial charge is 0.368 e. The molecule has 1 unspecified atom stereocenters. The fourth-order valence-electron chi connectivity index (χ4n) is 7.08. The standard InChI is InChI=1S/C27H50N8O2/c1-24(2)13-18(14-25(3,4)33(24)9)35(19-15-26(5,6)34(10)27(7,8)16-19)23-30-21(29-22(31-23)32-36)20-17-28-11-12-37-20/h18-20,28,36H,11-17H2,1-10H3,(H,29,30,31,32). The van der Waals surface area contributed by atoms with Gasteiger partial charge in [-0.3, -0.25) is 15.0 Å². The van der Waals surface area contributed by atoms with Crippen molar-refractivity contribution in [3.63, 3.8) is 0 Å². The number of nitrogens with one attached hydrogen (secondary N) is 2. The van der Waals surface area contributed by atoms with Crippen LogP contribution in [0.1, 0.15) is 93.0 Å². The molecule has 4 heterocycles. The minimum Gasteiger partial charge on any atom is -0.368 e. The van der Waals surface area contributed by atoms with E-state index < -0.39 is 0 Å². The Balaban J connectivity index is 1.83. The summed E-state index contributed by atoms with van der Waals surface area (Å²) in [4.78, 5) is 21.8. The van der Waals surface area contributed by atoms with Gasteiger partial charge in [0.05, 0.1) is 6.61 Å². The molecule has 10 heteroatoms. The summed E-state index contributed by atoms with van der Waals surface area (Å²) < 4.78 is 5.99. The van der Waals surface area contributed by atoms with E-state index in [-0.39, 0.29) is 46.3 Å². The molecule has 0 radical (unpaired) electrons. The molecule has 4 rings (SSSR count). The van der Waals surface area contributed by atoms with Crippen LogP contribution in [0.2, 0.25) is 0 Å². The van der Waals surface area contributed by atoms with Gasteiger partial charge >= 0.3 is 0 Å². The van der Waals surface area contributed by atoms with Crippen LogP contribution in [0.4, 0.5) is 11.9 Å². The van der Waals surface area contributed by atoms with E-state index in [1.807, 2.05) is 0 Å². The van der Waals surface area contributed by atoms with Crippen LogP contribution in [-0.2, 0) is 4.74 Å². The Morgan fingerprint density at radius 3 is 1.73 bits per heavy atom. The molecule has 0 amide bonds. The number of morpholine rings is 1. The molecule has 3 saturated heterocycles. The number of rotatable bonds is 5. The van der Waals surface area contributed by atoms with Crippen LogP contribution in [0, 0.1) is 0 Å². The number of hydrogen-bond donors (Lipinski definition) is 3. The zero-order chi connectivity index (χ0) is 27.4. The Morgan fingerprint density at radius 2 is 1.32 bits per heavy atom. The Labute approximate surface area is 223 Å². The van der Waals surface area contributed by atoms with Crippen LogP contribution in [0.25, 0.3) is 0 Å². The Hall–Kier alpha value is -1.59. The summed E-state index contributed by atoms with van der Waals surface area (Å²) >= 11 is 0. The molecule has 3 aliphatic heterocycles. The molecule has 3 aliphatic rings. The molecule has 3 fully saturated rings. The van der Waals surface area contributed by atoms with E-state index in [1.54, 1.807) is 0 Å². The number of piperidine rings is 2. The van der Waals surface area contributed by atoms with Crippen LogP contribution in [0.3, 0.4) is 0 Å². The molecule has 0 saturated carbocycles. The summed E-state index contributed by atoms with van der Waals surface area (Å²) in [5.41, 5.74) is 2.23. The lowest BCUT2D eigenvalue weighted by Gasteiger charge is -2.60. The van der Waals surface area contributed by atoms with Gasteiger partial charge in [-0.25, -0.2) is 5.48 Å². The minimum atomic E-state index is -0.278. The van der Waals surface area contributed by atoms with Crippen molar-refractivity contribution in [1.29, 1.82) is 0 Å². The maximum absolute atomic E-state index is 9.90. The lowest BCUT2D eigenvalue weighted by molar-refractivity contribution is -0.0315. The molecular weight excluding hydrogens is 468 g/mol. The van der Waals surface area contributed by atoms with E-state index in [1.165, 1.54) is 0 Å². The molecular formula is C27H50N8O2. The third kappa shape index (κ3) is 5.59. The second-order valence-electron chi connectivity index (χ2n) is 13.9. The average Bonchev–Trinajstić information content (AvgIpc) is 2.81. The minimum absolute atomic E-state index is 0.00544. The van der Waals surface area contributed by atoms with Gasteiger partial charge in [0.25, 0.3) is 5.95 Å². The number of anilines is 2. The fraction of sp³-hybridized carbons (Fsp3) is 0.889. The predicted octanol–water partition coefficient (Wildman–Crippen LogP) is 3.44. The average molecular weight is 519 g/mol. The van der Waals surface area contributed by atoms with Crippen molar-refractivity contribution in [2.75, 3.05) is 44.2 Å². The lowest BCUT2D eigenvalue weighted by atomic mass is 9.73. The highest BCUT2D eigenvalue weighted by atomic mass is 16.5. The second kappa shape index (κ2) is 9.86. The van der Waals surface area contributed by atoms with Gasteiger partial charge in [-0.1, -0.05) is 0 Å². The zero-order valence-corrected chi connectivity index (χ0v) is 24.7. The summed E-state index contributed by atoms with van der Waals surface area (Å²) in [6, 6.07) is 0.460. The van der Waals surface area contributed by atoms with Gasteiger partial charge in [-0.15, -0.1) is 0 Å². The molecule has 0 aliphatic carbocycles. The normalized spacial score (nSPS) is 28.7. The number of nitrogens with zero attached hydrogens (tertiary/aromatic N) is 6. The zero-order valence-electron chi connectivity index (χ0n) is 24.7. The second-order valence-corrected chi connectivity index (χ2v) is 13.9. The molecule has 10 nitrogen and oxygen atoms in total. The first kappa shape index (κ1) is 28.4. The topological polar surface area (TPSA) is 102 Å². The molecule has 1 aromatic heterocycles. The van der Waals surface area contributed by atoms with E-state index in [9.17, 15) is 5.21 Å². The van der Waals surface area contributed by atoms with Crippen LogP contribution in [0.15, 0.2) is 0 Å². The number of hydrogen-bond acceptors (Lipinski definition) is 10.